The number of likely N-dealkylation sites (tertiary alicyclic amines) is 2. The molecule has 6 heteroatoms. The van der Waals surface area contributed by atoms with Gasteiger partial charge in [0.15, 0.2) is 0 Å². The summed E-state index contributed by atoms with van der Waals surface area (Å²) in [6.07, 6.45) is 4.17. The number of piperidine rings is 2. The summed E-state index contributed by atoms with van der Waals surface area (Å²) in [6, 6.07) is 21.0. The van der Waals surface area contributed by atoms with Gasteiger partial charge in [-0.2, -0.15) is 6.92 Å². The second kappa shape index (κ2) is 18.5. The number of nitrogens with zero attached hydrogens (tertiary/aromatic N) is 2. The van der Waals surface area contributed by atoms with Crippen molar-refractivity contribution in [1.29, 1.82) is 0 Å². The molecule has 2 aromatic carbocycles. The van der Waals surface area contributed by atoms with Crippen molar-refractivity contribution in [1.82, 2.24) is 9.80 Å². The van der Waals surface area contributed by atoms with E-state index >= 15 is 0 Å². The number of benzene rings is 2. The van der Waals surface area contributed by atoms with E-state index in [-0.39, 0.29) is 40.0 Å². The molecule has 34 heavy (non-hydrogen) atoms. The van der Waals surface area contributed by atoms with E-state index < -0.39 is 5.60 Å². The van der Waals surface area contributed by atoms with Crippen LogP contribution >= 0.6 is 0 Å². The van der Waals surface area contributed by atoms with Crippen LogP contribution in [-0.4, -0.2) is 75.5 Å². The number of aliphatic hydroxyl groups is 1. The topological polar surface area (TPSA) is 43.8 Å². The van der Waals surface area contributed by atoms with Crippen LogP contribution < -0.4 is 17.0 Å². The van der Waals surface area contributed by atoms with Gasteiger partial charge >= 0.3 is 23.1 Å². The summed E-state index contributed by atoms with van der Waals surface area (Å²) in [4.78, 5) is 15.8. The van der Waals surface area contributed by atoms with Gasteiger partial charge in [0.2, 0.25) is 0 Å². The van der Waals surface area contributed by atoms with Crippen LogP contribution in [0.3, 0.4) is 0 Å². The van der Waals surface area contributed by atoms with E-state index in [1.54, 1.807) is 6.92 Å². The van der Waals surface area contributed by atoms with Crippen molar-refractivity contribution in [2.45, 2.75) is 64.6 Å². The van der Waals surface area contributed by atoms with Crippen molar-refractivity contribution in [2.24, 2.45) is 0 Å². The number of hydrogen-bond donors (Lipinski definition) is 1. The van der Waals surface area contributed by atoms with E-state index in [0.29, 0.717) is 5.78 Å². The summed E-state index contributed by atoms with van der Waals surface area (Å²) in [6.45, 7) is 12.9. The Kier molecular flexibility index (Phi) is 18.1. The van der Waals surface area contributed by atoms with Gasteiger partial charge < -0.3 is 29.0 Å². The molecule has 2 heterocycles. The average molecular weight is 542 g/mol. The number of Topliss-reactive ketones (excluding diaryl/α,β-unsaturated/α-hetero) is 1. The largest absolute Gasteiger partial charge is 2.00 e. The third-order valence-corrected chi connectivity index (χ3v) is 6.36. The number of carbonyl (C=O) groups excluding carboxylic acids is 1. The van der Waals surface area contributed by atoms with E-state index in [1.807, 2.05) is 6.07 Å². The van der Waals surface area contributed by atoms with Crippen molar-refractivity contribution in [3.63, 3.8) is 0 Å². The maximum absolute atomic E-state index is 11.0. The van der Waals surface area contributed by atoms with Crippen LogP contribution in [0.1, 0.15) is 57.1 Å². The Labute approximate surface area is 234 Å². The molecular formula is C28H41BrMgN2O2. The van der Waals surface area contributed by atoms with Crippen molar-refractivity contribution in [2.75, 3.05) is 26.2 Å². The summed E-state index contributed by atoms with van der Waals surface area (Å²) in [5.74, 6) is 0.411. The number of rotatable bonds is 5. The Balaban J connectivity index is 0.000000569. The monoisotopic (exact) mass is 540 g/mol. The van der Waals surface area contributed by atoms with Crippen molar-refractivity contribution in [3.8, 4) is 0 Å². The Hall–Kier alpha value is -0.764. The van der Waals surface area contributed by atoms with Gasteiger partial charge in [0.05, 0.1) is 5.60 Å². The molecule has 2 aliphatic heterocycles. The zero-order valence-electron chi connectivity index (χ0n) is 21.1. The first kappa shape index (κ1) is 33.2. The fourth-order valence-corrected chi connectivity index (χ4v) is 4.12. The fraction of sp³-hybridized carbons (Fsp3) is 0.500. The minimum absolute atomic E-state index is 0. The first-order valence-electron chi connectivity index (χ1n) is 12.0. The molecule has 0 unspecified atom stereocenters. The number of hydrogen-bond acceptors (Lipinski definition) is 4. The Morgan fingerprint density at radius 3 is 1.56 bits per heavy atom. The molecule has 0 bridgehead atoms. The fourth-order valence-electron chi connectivity index (χ4n) is 4.12. The molecular weight excluding hydrogens is 501 g/mol. The Bertz CT molecular complexity index is 758. The molecule has 4 nitrogen and oxygen atoms in total. The Morgan fingerprint density at radius 2 is 1.18 bits per heavy atom. The summed E-state index contributed by atoms with van der Waals surface area (Å²) in [5.41, 5.74) is 2.30. The summed E-state index contributed by atoms with van der Waals surface area (Å²) >= 11 is 0. The second-order valence-electron chi connectivity index (χ2n) is 8.64. The van der Waals surface area contributed by atoms with Gasteiger partial charge in [0, 0.05) is 52.1 Å². The van der Waals surface area contributed by atoms with E-state index in [0.717, 1.165) is 71.4 Å². The van der Waals surface area contributed by atoms with Crippen LogP contribution in [0.25, 0.3) is 0 Å². The van der Waals surface area contributed by atoms with Crippen LogP contribution in [0.4, 0.5) is 0 Å². The molecule has 2 aliphatic rings. The zero-order chi connectivity index (χ0) is 23.2. The molecule has 0 spiro atoms. The third kappa shape index (κ3) is 12.3. The molecule has 0 radical (unpaired) electrons. The molecule has 0 atom stereocenters. The second-order valence-corrected chi connectivity index (χ2v) is 8.64. The minimum atomic E-state index is -0.396. The number of carbonyl (C=O) groups is 1. The first-order valence-corrected chi connectivity index (χ1v) is 12.0. The molecule has 4 rings (SSSR count). The molecule has 2 aromatic rings. The zero-order valence-corrected chi connectivity index (χ0v) is 24.1. The Morgan fingerprint density at radius 1 is 0.794 bits per heavy atom. The van der Waals surface area contributed by atoms with Gasteiger partial charge in [0.1, 0.15) is 5.78 Å². The van der Waals surface area contributed by atoms with Gasteiger partial charge in [-0.25, -0.2) is 0 Å². The predicted octanol–water partition coefficient (Wildman–Crippen LogP) is 1.74. The standard InChI is InChI=1S/C14H21NO.C12H15NO.C2H5.BrH.Mg/c1-2-14(16)8-10-15(11-9-14)12-13-6-4-3-5-7-13;14-12-6-8-13(9-7-12)10-11-4-2-1-3-5-11;1-2;;/h3-7,16H,2,8-12H2,1H3;1-5H,6-10H2;1H2,2H3;1H;/q;;-1;;+2/p-1. The van der Waals surface area contributed by atoms with Crippen LogP contribution in [0.5, 0.6) is 0 Å². The van der Waals surface area contributed by atoms with E-state index in [1.165, 1.54) is 11.1 Å². The van der Waals surface area contributed by atoms with Crippen molar-refractivity contribution >= 4 is 28.8 Å². The molecule has 2 fully saturated rings. The summed E-state index contributed by atoms with van der Waals surface area (Å²) in [5, 5.41) is 10.1. The van der Waals surface area contributed by atoms with Crippen molar-refractivity contribution in [3.05, 3.63) is 78.7 Å². The van der Waals surface area contributed by atoms with E-state index in [9.17, 15) is 9.90 Å². The summed E-state index contributed by atoms with van der Waals surface area (Å²) in [7, 11) is 0. The molecule has 0 aromatic heterocycles. The predicted molar refractivity (Wildman–Crippen MR) is 139 cm³/mol. The molecule has 0 saturated carbocycles. The molecule has 0 amide bonds. The van der Waals surface area contributed by atoms with Gasteiger partial charge in [0.25, 0.3) is 0 Å². The molecule has 2 saturated heterocycles. The van der Waals surface area contributed by atoms with Gasteiger partial charge in [-0.3, -0.25) is 14.6 Å². The minimum Gasteiger partial charge on any atom is -1.00 e. The van der Waals surface area contributed by atoms with Crippen LogP contribution in [0.2, 0.25) is 0 Å². The van der Waals surface area contributed by atoms with Crippen LogP contribution in [0.15, 0.2) is 60.7 Å². The average Bonchev–Trinajstić information content (AvgIpc) is 2.85. The van der Waals surface area contributed by atoms with E-state index in [2.05, 4.69) is 78.2 Å². The third-order valence-electron chi connectivity index (χ3n) is 6.36. The number of ketones is 1. The van der Waals surface area contributed by atoms with Crippen LogP contribution in [0, 0.1) is 6.92 Å². The van der Waals surface area contributed by atoms with Gasteiger partial charge in [-0.15, -0.1) is 0 Å². The van der Waals surface area contributed by atoms with Gasteiger partial charge in [-0.05, 0) is 30.4 Å². The smallest absolute Gasteiger partial charge is 1.00 e. The SMILES string of the molecule is CCC1(O)CCN(Cc2ccccc2)CC1.O=C1CCN(Cc2ccccc2)CC1.[Br-].[CH2-]C.[Mg+2]. The van der Waals surface area contributed by atoms with Crippen LogP contribution in [-0.2, 0) is 17.9 Å². The van der Waals surface area contributed by atoms with Crippen molar-refractivity contribution < 1.29 is 26.9 Å². The normalized spacial score (nSPS) is 17.6. The molecule has 1 N–H and O–H groups in total. The summed E-state index contributed by atoms with van der Waals surface area (Å²) < 4.78 is 0. The van der Waals surface area contributed by atoms with E-state index in [4.69, 9.17) is 0 Å². The maximum Gasteiger partial charge on any atom is 2.00 e. The molecule has 0 aliphatic carbocycles. The maximum atomic E-state index is 11.0. The van der Waals surface area contributed by atoms with Gasteiger partial charge in [-0.1, -0.05) is 67.6 Å². The molecule has 184 valence electrons. The number of halogens is 1. The quantitative estimate of drug-likeness (QED) is 0.463. The first-order chi connectivity index (χ1) is 15.6.